The number of benzene rings is 3. The van der Waals surface area contributed by atoms with E-state index in [2.05, 4.69) is 4.90 Å². The molecule has 0 atom stereocenters. The highest BCUT2D eigenvalue weighted by Gasteiger charge is 2.19. The van der Waals surface area contributed by atoms with Crippen molar-refractivity contribution in [2.45, 2.75) is 39.0 Å². The van der Waals surface area contributed by atoms with Gasteiger partial charge in [0.15, 0.2) is 0 Å². The first-order valence-corrected chi connectivity index (χ1v) is 13.3. The molecule has 192 valence electrons. The zero-order valence-corrected chi connectivity index (χ0v) is 21.9. The lowest BCUT2D eigenvalue weighted by molar-refractivity contribution is 0.214. The van der Waals surface area contributed by atoms with E-state index in [4.69, 9.17) is 20.8 Å². The van der Waals surface area contributed by atoms with E-state index >= 15 is 0 Å². The number of halogens is 1. The zero-order chi connectivity index (χ0) is 25.8. The van der Waals surface area contributed by atoms with Crippen LogP contribution in [0.2, 0.25) is 5.02 Å². The molecule has 5 rings (SSSR count). The summed E-state index contributed by atoms with van der Waals surface area (Å²) in [6.07, 6.45) is 5.71. The molecule has 1 saturated heterocycles. The van der Waals surface area contributed by atoms with Crippen molar-refractivity contribution in [1.82, 2.24) is 4.90 Å². The minimum absolute atomic E-state index is 0.0457. The third-order valence-electron chi connectivity index (χ3n) is 7.07. The number of ether oxygens (including phenoxy) is 1. The molecule has 4 aromatic rings. The SMILES string of the molecule is Cc1ccc(-c2c(Cc3ccc(OCCN4CCCCCC4)cc3)c3ccc(O)cc3oc2=O)c(Cl)c1. The van der Waals surface area contributed by atoms with Crippen LogP contribution in [0.25, 0.3) is 22.1 Å². The lowest BCUT2D eigenvalue weighted by Crippen LogP contribution is -2.29. The fourth-order valence-electron chi connectivity index (χ4n) is 5.09. The molecule has 1 aliphatic rings. The first-order valence-electron chi connectivity index (χ1n) is 13.0. The van der Waals surface area contributed by atoms with Crippen LogP contribution in [0, 0.1) is 6.92 Å². The van der Waals surface area contributed by atoms with Gasteiger partial charge >= 0.3 is 5.63 Å². The summed E-state index contributed by atoms with van der Waals surface area (Å²) in [6.45, 7) is 5.89. The number of rotatable bonds is 7. The summed E-state index contributed by atoms with van der Waals surface area (Å²) in [6, 6.07) is 18.5. The Hall–Kier alpha value is -3.28. The van der Waals surface area contributed by atoms with Crippen molar-refractivity contribution in [1.29, 1.82) is 0 Å². The second kappa shape index (κ2) is 11.4. The van der Waals surface area contributed by atoms with Crippen LogP contribution in [0.1, 0.15) is 42.4 Å². The molecule has 0 unspecified atom stereocenters. The molecule has 0 amide bonds. The van der Waals surface area contributed by atoms with Gasteiger partial charge in [-0.05, 0) is 86.3 Å². The number of nitrogens with zero attached hydrogens (tertiary/aromatic N) is 1. The number of fused-ring (bicyclic) bond motifs is 1. The Balaban J connectivity index is 1.41. The second-order valence-corrected chi connectivity index (χ2v) is 10.2. The Morgan fingerprint density at radius 3 is 2.46 bits per heavy atom. The first kappa shape index (κ1) is 25.4. The van der Waals surface area contributed by atoms with Crippen molar-refractivity contribution < 1.29 is 14.3 Å². The van der Waals surface area contributed by atoms with Crippen molar-refractivity contribution in [3.63, 3.8) is 0 Å². The number of phenols is 1. The molecule has 0 bridgehead atoms. The Morgan fingerprint density at radius 2 is 1.73 bits per heavy atom. The van der Waals surface area contributed by atoms with Gasteiger partial charge in [-0.1, -0.05) is 48.7 Å². The molecule has 1 aromatic heterocycles. The summed E-state index contributed by atoms with van der Waals surface area (Å²) in [4.78, 5) is 15.7. The van der Waals surface area contributed by atoms with Gasteiger partial charge in [0.25, 0.3) is 0 Å². The van der Waals surface area contributed by atoms with Crippen LogP contribution in [0.5, 0.6) is 11.5 Å². The summed E-state index contributed by atoms with van der Waals surface area (Å²) < 4.78 is 11.6. The summed E-state index contributed by atoms with van der Waals surface area (Å²) in [5.41, 5.74) is 3.81. The number of aryl methyl sites for hydroxylation is 1. The van der Waals surface area contributed by atoms with Gasteiger partial charge in [0, 0.05) is 28.6 Å². The van der Waals surface area contributed by atoms with E-state index in [1.165, 1.54) is 31.7 Å². The van der Waals surface area contributed by atoms with Crippen LogP contribution < -0.4 is 10.4 Å². The number of aromatic hydroxyl groups is 1. The van der Waals surface area contributed by atoms with Crippen LogP contribution >= 0.6 is 11.6 Å². The Labute approximate surface area is 222 Å². The summed E-state index contributed by atoms with van der Waals surface area (Å²) in [5, 5.41) is 11.2. The van der Waals surface area contributed by atoms with E-state index in [1.807, 2.05) is 49.4 Å². The third-order valence-corrected chi connectivity index (χ3v) is 7.38. The van der Waals surface area contributed by atoms with Crippen molar-refractivity contribution in [2.75, 3.05) is 26.2 Å². The highest BCUT2D eigenvalue weighted by Crippen LogP contribution is 2.35. The van der Waals surface area contributed by atoms with Crippen molar-refractivity contribution >= 4 is 22.6 Å². The van der Waals surface area contributed by atoms with Crippen LogP contribution in [0.4, 0.5) is 0 Å². The minimum atomic E-state index is -0.479. The third kappa shape index (κ3) is 6.00. The van der Waals surface area contributed by atoms with E-state index in [-0.39, 0.29) is 5.75 Å². The molecule has 1 N–H and O–H groups in total. The van der Waals surface area contributed by atoms with Crippen LogP contribution in [-0.4, -0.2) is 36.2 Å². The van der Waals surface area contributed by atoms with Gasteiger partial charge in [-0.15, -0.1) is 0 Å². The molecule has 37 heavy (non-hydrogen) atoms. The molecule has 0 radical (unpaired) electrons. The second-order valence-electron chi connectivity index (χ2n) is 9.83. The quantitative estimate of drug-likeness (QED) is 0.268. The van der Waals surface area contributed by atoms with Gasteiger partial charge < -0.3 is 14.3 Å². The number of hydrogen-bond acceptors (Lipinski definition) is 5. The standard InChI is InChI=1S/C31H32ClNO4/c1-21-6-12-26(28(32)18-21)30-27(25-13-9-23(34)20-29(25)37-31(30)35)19-22-7-10-24(11-8-22)36-17-16-33-14-4-2-3-5-15-33/h6-13,18,20,34H,2-5,14-17,19H2,1H3. The molecule has 0 spiro atoms. The highest BCUT2D eigenvalue weighted by molar-refractivity contribution is 6.33. The number of hydrogen-bond donors (Lipinski definition) is 1. The largest absolute Gasteiger partial charge is 0.508 e. The summed E-state index contributed by atoms with van der Waals surface area (Å²) in [7, 11) is 0. The molecular weight excluding hydrogens is 486 g/mol. The molecule has 2 heterocycles. The van der Waals surface area contributed by atoms with E-state index < -0.39 is 5.63 Å². The minimum Gasteiger partial charge on any atom is -0.508 e. The molecule has 0 aliphatic carbocycles. The first-order chi connectivity index (χ1) is 18.0. The fourth-order valence-corrected chi connectivity index (χ4v) is 5.42. The monoisotopic (exact) mass is 517 g/mol. The van der Waals surface area contributed by atoms with Crippen LogP contribution in [0.3, 0.4) is 0 Å². The molecular formula is C31H32ClNO4. The molecule has 5 nitrogen and oxygen atoms in total. The molecule has 6 heteroatoms. The number of likely N-dealkylation sites (tertiary alicyclic amines) is 1. The molecule has 1 aliphatic heterocycles. The molecule has 0 saturated carbocycles. The maximum atomic E-state index is 13.2. The average Bonchev–Trinajstić information content (AvgIpc) is 3.15. The lowest BCUT2D eigenvalue weighted by Gasteiger charge is -2.19. The Kier molecular flexibility index (Phi) is 7.82. The smallest absolute Gasteiger partial charge is 0.344 e. The number of phenolic OH excluding ortho intramolecular Hbond substituents is 1. The predicted octanol–water partition coefficient (Wildman–Crippen LogP) is 6.97. The lowest BCUT2D eigenvalue weighted by atomic mass is 9.93. The van der Waals surface area contributed by atoms with E-state index in [1.54, 1.807) is 12.1 Å². The maximum Gasteiger partial charge on any atom is 0.344 e. The van der Waals surface area contributed by atoms with Crippen molar-refractivity contribution in [2.24, 2.45) is 0 Å². The molecule has 3 aromatic carbocycles. The zero-order valence-electron chi connectivity index (χ0n) is 21.1. The maximum absolute atomic E-state index is 13.2. The van der Waals surface area contributed by atoms with Gasteiger partial charge in [0.2, 0.25) is 0 Å². The Morgan fingerprint density at radius 1 is 0.973 bits per heavy atom. The predicted molar refractivity (Wildman–Crippen MR) is 149 cm³/mol. The summed E-state index contributed by atoms with van der Waals surface area (Å²) in [5.74, 6) is 0.882. The Bertz CT molecular complexity index is 1440. The average molecular weight is 518 g/mol. The molecule has 1 fully saturated rings. The van der Waals surface area contributed by atoms with Crippen molar-refractivity contribution in [3.05, 3.63) is 92.8 Å². The van der Waals surface area contributed by atoms with E-state index in [0.717, 1.165) is 47.5 Å². The van der Waals surface area contributed by atoms with Gasteiger partial charge in [-0.25, -0.2) is 4.79 Å². The van der Waals surface area contributed by atoms with Crippen LogP contribution in [-0.2, 0) is 6.42 Å². The van der Waals surface area contributed by atoms with Gasteiger partial charge in [0.05, 0.1) is 5.56 Å². The van der Waals surface area contributed by atoms with Crippen LogP contribution in [0.15, 0.2) is 69.9 Å². The topological polar surface area (TPSA) is 62.9 Å². The highest BCUT2D eigenvalue weighted by atomic mass is 35.5. The van der Waals surface area contributed by atoms with E-state index in [0.29, 0.717) is 34.8 Å². The summed E-state index contributed by atoms with van der Waals surface area (Å²) >= 11 is 6.58. The fraction of sp³-hybridized carbons (Fsp3) is 0.323. The van der Waals surface area contributed by atoms with Gasteiger partial charge in [0.1, 0.15) is 23.7 Å². The van der Waals surface area contributed by atoms with Gasteiger partial charge in [-0.3, -0.25) is 4.90 Å². The van der Waals surface area contributed by atoms with Gasteiger partial charge in [-0.2, -0.15) is 0 Å². The van der Waals surface area contributed by atoms with E-state index in [9.17, 15) is 9.90 Å². The van der Waals surface area contributed by atoms with Crippen molar-refractivity contribution in [3.8, 4) is 22.6 Å². The normalized spacial score (nSPS) is 14.5.